The molecular weight excluding hydrogens is 478 g/mol. The normalized spacial score (nSPS) is 10.3. The van der Waals surface area contributed by atoms with E-state index in [-0.39, 0.29) is 11.5 Å². The Labute approximate surface area is 143 Å². The number of carbonyl (C=O) groups is 2. The van der Waals surface area contributed by atoms with Gasteiger partial charge in [0.1, 0.15) is 0 Å². The van der Waals surface area contributed by atoms with Crippen molar-refractivity contribution < 1.29 is 14.7 Å². The number of rotatable bonds is 3. The maximum absolute atomic E-state index is 12.1. The third-order valence-electron chi connectivity index (χ3n) is 2.33. The van der Waals surface area contributed by atoms with E-state index in [1.54, 1.807) is 12.1 Å². The zero-order chi connectivity index (χ0) is 14.9. The summed E-state index contributed by atoms with van der Waals surface area (Å²) in [5.41, 5.74) is 0.664. The second-order valence-corrected chi connectivity index (χ2v) is 7.76. The number of anilines is 1. The molecule has 4 nitrogen and oxygen atoms in total. The van der Waals surface area contributed by atoms with E-state index in [0.29, 0.717) is 15.0 Å². The monoisotopic (exact) mass is 481 g/mol. The summed E-state index contributed by atoms with van der Waals surface area (Å²) in [7, 11) is 0. The van der Waals surface area contributed by atoms with Gasteiger partial charge in [-0.2, -0.15) is 0 Å². The lowest BCUT2D eigenvalue weighted by molar-refractivity contribution is 0.0696. The molecule has 0 aliphatic carbocycles. The van der Waals surface area contributed by atoms with Crippen LogP contribution in [0.15, 0.2) is 37.0 Å². The van der Waals surface area contributed by atoms with Gasteiger partial charge in [-0.15, -0.1) is 11.3 Å². The molecule has 2 rings (SSSR count). The molecule has 2 aromatic rings. The van der Waals surface area contributed by atoms with Crippen LogP contribution in [0.2, 0.25) is 0 Å². The van der Waals surface area contributed by atoms with Crippen LogP contribution in [0.5, 0.6) is 0 Å². The molecule has 2 N–H and O–H groups in total. The first kappa shape index (κ1) is 15.7. The molecule has 1 aromatic heterocycles. The highest BCUT2D eigenvalue weighted by atomic mass is 79.9. The lowest BCUT2D eigenvalue weighted by atomic mass is 10.2. The summed E-state index contributed by atoms with van der Waals surface area (Å²) in [6, 6.07) is 6.13. The van der Waals surface area contributed by atoms with E-state index >= 15 is 0 Å². The second-order valence-electron chi connectivity index (χ2n) is 3.69. The highest BCUT2D eigenvalue weighted by Crippen LogP contribution is 2.33. The first-order valence-corrected chi connectivity index (χ1v) is 8.37. The van der Waals surface area contributed by atoms with Gasteiger partial charge in [0, 0.05) is 8.95 Å². The van der Waals surface area contributed by atoms with Crippen molar-refractivity contribution in [3.63, 3.8) is 0 Å². The fourth-order valence-electron chi connectivity index (χ4n) is 1.39. The highest BCUT2D eigenvalue weighted by molar-refractivity contribution is 9.13. The minimum Gasteiger partial charge on any atom is -0.478 e. The number of thiophene rings is 1. The molecule has 0 spiro atoms. The van der Waals surface area contributed by atoms with Crippen LogP contribution >= 0.6 is 59.1 Å². The third kappa shape index (κ3) is 3.49. The van der Waals surface area contributed by atoms with Crippen molar-refractivity contribution in [3.8, 4) is 0 Å². The number of hydrogen-bond acceptors (Lipinski definition) is 3. The van der Waals surface area contributed by atoms with Gasteiger partial charge in [0.05, 0.1) is 19.9 Å². The van der Waals surface area contributed by atoms with Crippen LogP contribution in [-0.2, 0) is 0 Å². The molecule has 1 aromatic carbocycles. The summed E-state index contributed by atoms with van der Waals surface area (Å²) in [5.74, 6) is -1.28. The van der Waals surface area contributed by atoms with Crippen molar-refractivity contribution in [3.05, 3.63) is 47.4 Å². The first-order chi connectivity index (χ1) is 9.38. The second kappa shape index (κ2) is 6.38. The van der Waals surface area contributed by atoms with Crippen molar-refractivity contribution in [2.24, 2.45) is 0 Å². The summed E-state index contributed by atoms with van der Waals surface area (Å²) >= 11 is 11.2. The molecule has 0 aliphatic rings. The number of amides is 1. The topological polar surface area (TPSA) is 66.4 Å². The van der Waals surface area contributed by atoms with E-state index < -0.39 is 5.97 Å². The fraction of sp³-hybridized carbons (Fsp3) is 0. The van der Waals surface area contributed by atoms with Crippen LogP contribution < -0.4 is 5.32 Å². The molecule has 104 valence electrons. The van der Waals surface area contributed by atoms with Crippen molar-refractivity contribution >= 4 is 76.7 Å². The Morgan fingerprint density at radius 2 is 1.80 bits per heavy atom. The van der Waals surface area contributed by atoms with Crippen molar-refractivity contribution in [1.82, 2.24) is 0 Å². The van der Waals surface area contributed by atoms with E-state index in [1.165, 1.54) is 23.5 Å². The van der Waals surface area contributed by atoms with E-state index in [0.717, 1.165) is 8.26 Å². The van der Waals surface area contributed by atoms with Gasteiger partial charge in [-0.1, -0.05) is 0 Å². The Balaban J connectivity index is 2.21. The number of hydrogen-bond donors (Lipinski definition) is 2. The number of carbonyl (C=O) groups excluding carboxylic acids is 1. The minimum absolute atomic E-state index is 0.150. The summed E-state index contributed by atoms with van der Waals surface area (Å²) in [6.45, 7) is 0. The average Bonchev–Trinajstić information content (AvgIpc) is 2.72. The average molecular weight is 484 g/mol. The molecule has 0 saturated heterocycles. The zero-order valence-corrected chi connectivity index (χ0v) is 15.2. The molecule has 1 amide bonds. The standard InChI is InChI=1S/C12H6Br3NO3S/c13-6-3-5(12(18)19)1-2-8(6)16-11(17)9-4-7(14)10(15)20-9/h1-4H,(H,16,17)(H,18,19). The number of nitrogens with one attached hydrogen (secondary N) is 1. The van der Waals surface area contributed by atoms with E-state index in [9.17, 15) is 9.59 Å². The van der Waals surface area contributed by atoms with Crippen molar-refractivity contribution in [2.75, 3.05) is 5.32 Å². The zero-order valence-electron chi connectivity index (χ0n) is 9.62. The molecule has 0 bridgehead atoms. The van der Waals surface area contributed by atoms with Gasteiger partial charge < -0.3 is 10.4 Å². The lowest BCUT2D eigenvalue weighted by Gasteiger charge is -2.06. The number of carboxylic acids is 1. The number of carboxylic acid groups (broad SMARTS) is 1. The van der Waals surface area contributed by atoms with Gasteiger partial charge in [0.15, 0.2) is 0 Å². The lowest BCUT2D eigenvalue weighted by Crippen LogP contribution is -2.11. The third-order valence-corrected chi connectivity index (χ3v) is 6.24. The van der Waals surface area contributed by atoms with Crippen LogP contribution in [0.4, 0.5) is 5.69 Å². The Bertz CT molecular complexity index is 680. The van der Waals surface area contributed by atoms with Crippen molar-refractivity contribution in [2.45, 2.75) is 0 Å². The largest absolute Gasteiger partial charge is 0.478 e. The minimum atomic E-state index is -1.02. The molecular formula is C12H6Br3NO3S. The first-order valence-electron chi connectivity index (χ1n) is 5.17. The number of benzene rings is 1. The summed E-state index contributed by atoms with van der Waals surface area (Å²) in [4.78, 5) is 23.4. The van der Waals surface area contributed by atoms with E-state index in [2.05, 4.69) is 53.1 Å². The van der Waals surface area contributed by atoms with Gasteiger partial charge in [-0.3, -0.25) is 4.79 Å². The van der Waals surface area contributed by atoms with Crippen LogP contribution in [-0.4, -0.2) is 17.0 Å². The van der Waals surface area contributed by atoms with Gasteiger partial charge in [0.25, 0.3) is 5.91 Å². The van der Waals surface area contributed by atoms with E-state index in [1.807, 2.05) is 0 Å². The van der Waals surface area contributed by atoms with Crippen LogP contribution in [0.3, 0.4) is 0 Å². The maximum atomic E-state index is 12.1. The van der Waals surface area contributed by atoms with Crippen LogP contribution in [0.25, 0.3) is 0 Å². The molecule has 0 atom stereocenters. The molecule has 0 saturated carbocycles. The summed E-state index contributed by atoms with van der Waals surface area (Å²) in [6.07, 6.45) is 0. The van der Waals surface area contributed by atoms with Crippen LogP contribution in [0, 0.1) is 0 Å². The fourth-order valence-corrected chi connectivity index (χ4v) is 3.80. The molecule has 0 fully saturated rings. The summed E-state index contributed by atoms with van der Waals surface area (Å²) < 4.78 is 2.16. The molecule has 20 heavy (non-hydrogen) atoms. The predicted octanol–water partition coefficient (Wildman–Crippen LogP) is 4.99. The quantitative estimate of drug-likeness (QED) is 0.646. The Hall–Kier alpha value is -0.700. The Morgan fingerprint density at radius 1 is 1.10 bits per heavy atom. The summed E-state index contributed by atoms with van der Waals surface area (Å²) in [5, 5.41) is 11.6. The number of halogens is 3. The molecule has 0 aliphatic heterocycles. The van der Waals surface area contributed by atoms with Gasteiger partial charge in [-0.05, 0) is 72.1 Å². The Morgan fingerprint density at radius 3 is 2.30 bits per heavy atom. The van der Waals surface area contributed by atoms with Crippen molar-refractivity contribution in [1.29, 1.82) is 0 Å². The molecule has 8 heteroatoms. The van der Waals surface area contributed by atoms with E-state index in [4.69, 9.17) is 5.11 Å². The SMILES string of the molecule is O=C(O)c1ccc(NC(=O)c2cc(Br)c(Br)s2)c(Br)c1. The number of aromatic carboxylic acids is 1. The predicted molar refractivity (Wildman–Crippen MR) is 88.8 cm³/mol. The molecule has 0 radical (unpaired) electrons. The Kier molecular flexibility index (Phi) is 5.00. The highest BCUT2D eigenvalue weighted by Gasteiger charge is 2.14. The smallest absolute Gasteiger partial charge is 0.335 e. The maximum Gasteiger partial charge on any atom is 0.335 e. The molecule has 1 heterocycles. The van der Waals surface area contributed by atoms with Gasteiger partial charge >= 0.3 is 5.97 Å². The van der Waals surface area contributed by atoms with Gasteiger partial charge in [-0.25, -0.2) is 4.79 Å². The van der Waals surface area contributed by atoms with Crippen LogP contribution in [0.1, 0.15) is 20.0 Å². The van der Waals surface area contributed by atoms with Gasteiger partial charge in [0.2, 0.25) is 0 Å². The molecule has 0 unspecified atom stereocenters.